The van der Waals surface area contributed by atoms with Gasteiger partial charge in [0.1, 0.15) is 18.0 Å². The van der Waals surface area contributed by atoms with Crippen molar-refractivity contribution in [2.24, 2.45) is 0 Å². The maximum atomic E-state index is 13.0. The first-order valence-electron chi connectivity index (χ1n) is 6.15. The van der Waals surface area contributed by atoms with Gasteiger partial charge in [-0.2, -0.15) is 5.26 Å². The number of nitro benzene ring substituents is 1. The van der Waals surface area contributed by atoms with Crippen molar-refractivity contribution in [3.63, 3.8) is 0 Å². The number of hydrogen-bond acceptors (Lipinski definition) is 5. The molecule has 1 atom stereocenters. The smallest absolute Gasteiger partial charge is 0.313 e. The molecule has 6 nitrogen and oxygen atoms in total. The van der Waals surface area contributed by atoms with E-state index in [0.29, 0.717) is 6.54 Å². The van der Waals surface area contributed by atoms with Crippen LogP contribution in [0.1, 0.15) is 20.3 Å². The van der Waals surface area contributed by atoms with Crippen LogP contribution in [0.5, 0.6) is 5.75 Å². The summed E-state index contributed by atoms with van der Waals surface area (Å²) in [4.78, 5) is 10.1. The molecule has 0 aromatic heterocycles. The molecular weight excluding hydrogens is 265 g/mol. The van der Waals surface area contributed by atoms with E-state index in [1.54, 1.807) is 6.92 Å². The van der Waals surface area contributed by atoms with Gasteiger partial charge in [0.05, 0.1) is 17.1 Å². The molecule has 20 heavy (non-hydrogen) atoms. The molecule has 0 spiro atoms. The first-order chi connectivity index (χ1) is 9.41. The highest BCUT2D eigenvalue weighted by molar-refractivity contribution is 5.46. The van der Waals surface area contributed by atoms with Crippen LogP contribution in [-0.4, -0.2) is 23.6 Å². The maximum absolute atomic E-state index is 13.0. The topological polar surface area (TPSA) is 88.2 Å². The lowest BCUT2D eigenvalue weighted by Gasteiger charge is -2.23. The lowest BCUT2D eigenvalue weighted by molar-refractivity contribution is -0.386. The summed E-state index contributed by atoms with van der Waals surface area (Å²) >= 11 is 0. The molecule has 0 aliphatic rings. The summed E-state index contributed by atoms with van der Waals surface area (Å²) in [6, 6.07) is 5.11. The molecule has 0 saturated carbocycles. The predicted molar refractivity (Wildman–Crippen MR) is 70.9 cm³/mol. The quantitative estimate of drug-likeness (QED) is 0.612. The van der Waals surface area contributed by atoms with Gasteiger partial charge in [0.25, 0.3) is 0 Å². The van der Waals surface area contributed by atoms with E-state index in [-0.39, 0.29) is 12.4 Å². The van der Waals surface area contributed by atoms with Crippen LogP contribution in [0.2, 0.25) is 0 Å². The zero-order valence-corrected chi connectivity index (χ0v) is 11.4. The minimum Gasteiger partial charge on any atom is -0.484 e. The van der Waals surface area contributed by atoms with Crippen LogP contribution in [-0.2, 0) is 0 Å². The Labute approximate surface area is 116 Å². The van der Waals surface area contributed by atoms with Gasteiger partial charge in [0.2, 0.25) is 0 Å². The Bertz CT molecular complexity index is 530. The third-order valence-electron chi connectivity index (χ3n) is 2.65. The first-order valence-corrected chi connectivity index (χ1v) is 6.15. The van der Waals surface area contributed by atoms with Crippen LogP contribution in [0.15, 0.2) is 18.2 Å². The molecule has 0 radical (unpaired) electrons. The highest BCUT2D eigenvalue weighted by atomic mass is 19.1. The molecule has 1 N–H and O–H groups in total. The van der Waals surface area contributed by atoms with Crippen LogP contribution in [0, 0.1) is 27.3 Å². The number of halogens is 1. The Morgan fingerprint density at radius 1 is 1.60 bits per heavy atom. The van der Waals surface area contributed by atoms with Crippen molar-refractivity contribution in [3.05, 3.63) is 34.1 Å². The van der Waals surface area contributed by atoms with E-state index in [4.69, 9.17) is 10.00 Å². The standard InChI is InChI=1S/C13H16FN3O3/c1-3-6-16-13(2,8-15)9-20-12-5-4-10(14)7-11(12)17(18)19/h4-5,7,16H,3,6,9H2,1-2H3. The summed E-state index contributed by atoms with van der Waals surface area (Å²) in [6.45, 7) is 4.14. The molecule has 1 aromatic carbocycles. The molecular formula is C13H16FN3O3. The fourth-order valence-electron chi connectivity index (χ4n) is 1.50. The number of benzene rings is 1. The summed E-state index contributed by atoms with van der Waals surface area (Å²) in [7, 11) is 0. The monoisotopic (exact) mass is 281 g/mol. The molecule has 7 heteroatoms. The second-order valence-electron chi connectivity index (χ2n) is 4.53. The van der Waals surface area contributed by atoms with E-state index in [1.165, 1.54) is 6.07 Å². The van der Waals surface area contributed by atoms with E-state index in [2.05, 4.69) is 11.4 Å². The molecule has 108 valence electrons. The summed E-state index contributed by atoms with van der Waals surface area (Å²) in [5.74, 6) is -0.771. The number of nitrogens with zero attached hydrogens (tertiary/aromatic N) is 2. The van der Waals surface area contributed by atoms with Crippen LogP contribution in [0.25, 0.3) is 0 Å². The first kappa shape index (κ1) is 15.9. The highest BCUT2D eigenvalue weighted by Gasteiger charge is 2.26. The van der Waals surface area contributed by atoms with Crippen molar-refractivity contribution in [3.8, 4) is 11.8 Å². The van der Waals surface area contributed by atoms with Gasteiger partial charge in [-0.3, -0.25) is 15.4 Å². The minimum atomic E-state index is -0.960. The largest absolute Gasteiger partial charge is 0.484 e. The van der Waals surface area contributed by atoms with Gasteiger partial charge in [-0.05, 0) is 32.0 Å². The molecule has 1 rings (SSSR count). The van der Waals surface area contributed by atoms with Crippen LogP contribution in [0.3, 0.4) is 0 Å². The molecule has 1 unspecified atom stereocenters. The Balaban J connectivity index is 2.84. The molecule has 0 amide bonds. The van der Waals surface area contributed by atoms with Gasteiger partial charge in [0.15, 0.2) is 5.75 Å². The lowest BCUT2D eigenvalue weighted by atomic mass is 10.1. The Kier molecular flexibility index (Phi) is 5.41. The third kappa shape index (κ3) is 4.17. The van der Waals surface area contributed by atoms with E-state index in [9.17, 15) is 14.5 Å². The number of hydrogen-bond donors (Lipinski definition) is 1. The zero-order valence-electron chi connectivity index (χ0n) is 11.4. The summed E-state index contributed by atoms with van der Waals surface area (Å²) in [5, 5.41) is 22.9. The lowest BCUT2D eigenvalue weighted by Crippen LogP contribution is -2.46. The number of nitrogens with one attached hydrogen (secondary N) is 1. The summed E-state index contributed by atoms with van der Waals surface area (Å²) in [5.41, 5.74) is -1.42. The highest BCUT2D eigenvalue weighted by Crippen LogP contribution is 2.28. The maximum Gasteiger partial charge on any atom is 0.313 e. The van der Waals surface area contributed by atoms with Gasteiger partial charge in [-0.25, -0.2) is 4.39 Å². The van der Waals surface area contributed by atoms with Crippen molar-refractivity contribution < 1.29 is 14.1 Å². The van der Waals surface area contributed by atoms with Gasteiger partial charge in [0, 0.05) is 0 Å². The summed E-state index contributed by atoms with van der Waals surface area (Å²) in [6.07, 6.45) is 0.841. The van der Waals surface area contributed by atoms with Crippen molar-refractivity contribution in [2.75, 3.05) is 13.2 Å². The number of rotatable bonds is 7. The molecule has 0 bridgehead atoms. The third-order valence-corrected chi connectivity index (χ3v) is 2.65. The molecule has 0 saturated heterocycles. The number of nitriles is 1. The van der Waals surface area contributed by atoms with Crippen molar-refractivity contribution in [2.45, 2.75) is 25.8 Å². The average molecular weight is 281 g/mol. The van der Waals surface area contributed by atoms with Crippen molar-refractivity contribution >= 4 is 5.69 Å². The second kappa shape index (κ2) is 6.82. The van der Waals surface area contributed by atoms with Gasteiger partial charge in [-0.15, -0.1) is 0 Å². The Hall–Kier alpha value is -2.20. The predicted octanol–water partition coefficient (Wildman–Crippen LogP) is 2.39. The normalized spacial score (nSPS) is 13.3. The van der Waals surface area contributed by atoms with E-state index < -0.39 is 22.0 Å². The zero-order chi connectivity index (χ0) is 15.2. The molecule has 0 aliphatic heterocycles. The SMILES string of the molecule is CCCNC(C)(C#N)COc1ccc(F)cc1[N+](=O)[O-]. The number of ether oxygens (including phenoxy) is 1. The second-order valence-corrected chi connectivity index (χ2v) is 4.53. The fraction of sp³-hybridized carbons (Fsp3) is 0.462. The molecule has 0 fully saturated rings. The van der Waals surface area contributed by atoms with Gasteiger partial charge >= 0.3 is 5.69 Å². The number of nitro groups is 1. The van der Waals surface area contributed by atoms with Gasteiger partial charge in [-0.1, -0.05) is 6.92 Å². The average Bonchev–Trinajstić information content (AvgIpc) is 2.43. The van der Waals surface area contributed by atoms with Crippen molar-refractivity contribution in [1.82, 2.24) is 5.32 Å². The van der Waals surface area contributed by atoms with Gasteiger partial charge < -0.3 is 4.74 Å². The van der Waals surface area contributed by atoms with E-state index in [0.717, 1.165) is 18.6 Å². The molecule has 0 heterocycles. The summed E-state index contributed by atoms with van der Waals surface area (Å²) < 4.78 is 18.3. The molecule has 0 aliphatic carbocycles. The Morgan fingerprint density at radius 2 is 2.30 bits per heavy atom. The fourth-order valence-corrected chi connectivity index (χ4v) is 1.50. The van der Waals surface area contributed by atoms with E-state index >= 15 is 0 Å². The van der Waals surface area contributed by atoms with Crippen molar-refractivity contribution in [1.29, 1.82) is 5.26 Å². The van der Waals surface area contributed by atoms with Crippen LogP contribution >= 0.6 is 0 Å². The molecule has 1 aromatic rings. The minimum absolute atomic E-state index is 0.0591. The van der Waals surface area contributed by atoms with Crippen LogP contribution < -0.4 is 10.1 Å². The van der Waals surface area contributed by atoms with E-state index in [1.807, 2.05) is 6.92 Å². The Morgan fingerprint density at radius 3 is 2.85 bits per heavy atom. The van der Waals surface area contributed by atoms with Crippen LogP contribution in [0.4, 0.5) is 10.1 Å².